The van der Waals surface area contributed by atoms with Crippen molar-refractivity contribution in [3.63, 3.8) is 0 Å². The predicted molar refractivity (Wildman–Crippen MR) is 72.8 cm³/mol. The summed E-state index contributed by atoms with van der Waals surface area (Å²) in [6, 6.07) is 6.41. The molecule has 0 aromatic heterocycles. The minimum absolute atomic E-state index is 0.426. The van der Waals surface area contributed by atoms with E-state index < -0.39 is 0 Å². The Balaban J connectivity index is 2.52. The number of rotatable bonds is 6. The molecule has 88 valence electrons. The van der Waals surface area contributed by atoms with Gasteiger partial charge in [-0.05, 0) is 37.1 Å². The van der Waals surface area contributed by atoms with Gasteiger partial charge in [-0.2, -0.15) is 0 Å². The van der Waals surface area contributed by atoms with Gasteiger partial charge in [0.25, 0.3) is 0 Å². The summed E-state index contributed by atoms with van der Waals surface area (Å²) in [5, 5.41) is 0. The van der Waals surface area contributed by atoms with E-state index in [9.17, 15) is 0 Å². The Hall–Kier alpha value is -0.420. The van der Waals surface area contributed by atoms with Gasteiger partial charge in [0.15, 0.2) is 12.3 Å². The Morgan fingerprint density at radius 2 is 2.25 bits per heavy atom. The zero-order valence-corrected chi connectivity index (χ0v) is 11.1. The Kier molecular flexibility index (Phi) is 6.64. The number of thioether (sulfide) groups is 1. The molecule has 0 aliphatic heterocycles. The van der Waals surface area contributed by atoms with Crippen LogP contribution in [0.5, 0.6) is 0 Å². The molecule has 0 amide bonds. The normalized spacial score (nSPS) is 11.2. The summed E-state index contributed by atoms with van der Waals surface area (Å²) in [5.41, 5.74) is 2.54. The van der Waals surface area contributed by atoms with Crippen LogP contribution < -0.4 is 0 Å². The highest BCUT2D eigenvalue weighted by atomic mass is 32.2. The Morgan fingerprint density at radius 1 is 1.44 bits per heavy atom. The molecule has 0 saturated carbocycles. The van der Waals surface area contributed by atoms with Gasteiger partial charge in [-0.25, -0.2) is 0 Å². The third-order valence-corrected chi connectivity index (χ3v) is 3.31. The lowest BCUT2D eigenvalue weighted by Gasteiger charge is -2.05. The Morgan fingerprint density at radius 3 is 2.88 bits per heavy atom. The lowest BCUT2D eigenvalue weighted by molar-refractivity contribution is 0.370. The third kappa shape index (κ3) is 4.61. The van der Waals surface area contributed by atoms with Crippen molar-refractivity contribution in [3.05, 3.63) is 35.4 Å². The smallest absolute Gasteiger partial charge is 0.155 e. The maximum absolute atomic E-state index is 8.38. The van der Waals surface area contributed by atoms with Gasteiger partial charge in [0.05, 0.1) is 6.61 Å². The molecule has 0 heterocycles. The van der Waals surface area contributed by atoms with Crippen LogP contribution in [-0.2, 0) is 4.18 Å². The first kappa shape index (κ1) is 13.6. The summed E-state index contributed by atoms with van der Waals surface area (Å²) >= 11 is 2.15. The summed E-state index contributed by atoms with van der Waals surface area (Å²) in [6.45, 7) is 4.67. The van der Waals surface area contributed by atoms with Crippen LogP contribution in [0.1, 0.15) is 18.1 Å². The molecule has 2 nitrogen and oxygen atoms in total. The van der Waals surface area contributed by atoms with Crippen molar-refractivity contribution >= 4 is 30.2 Å². The summed E-state index contributed by atoms with van der Waals surface area (Å²) in [7, 11) is 0. The summed E-state index contributed by atoms with van der Waals surface area (Å²) in [5.74, 6) is 0.843. The molecule has 1 rings (SSSR count). The van der Waals surface area contributed by atoms with Gasteiger partial charge in [-0.15, -0.1) is 11.8 Å². The molecule has 0 aliphatic carbocycles. The molecular formula is C12H16O2S2. The van der Waals surface area contributed by atoms with Crippen LogP contribution in [-0.4, -0.2) is 16.9 Å². The first-order valence-corrected chi connectivity index (χ1v) is 6.75. The van der Waals surface area contributed by atoms with E-state index in [0.717, 1.165) is 5.75 Å². The van der Waals surface area contributed by atoms with Crippen molar-refractivity contribution in [2.75, 3.05) is 12.4 Å². The first-order valence-electron chi connectivity index (χ1n) is 5.07. The van der Waals surface area contributed by atoms with Crippen LogP contribution in [0.15, 0.2) is 29.2 Å². The van der Waals surface area contributed by atoms with E-state index >= 15 is 0 Å². The fraction of sp³-hybridized carbons (Fsp3) is 0.333. The van der Waals surface area contributed by atoms with E-state index in [2.05, 4.69) is 31.2 Å². The van der Waals surface area contributed by atoms with E-state index in [-0.39, 0.29) is 0 Å². The van der Waals surface area contributed by atoms with Gasteiger partial charge >= 0.3 is 0 Å². The highest BCUT2D eigenvalue weighted by Gasteiger charge is 1.98. The lowest BCUT2D eigenvalue weighted by atomic mass is 10.1. The van der Waals surface area contributed by atoms with E-state index in [0.29, 0.717) is 18.9 Å². The maximum atomic E-state index is 8.38. The molecular weight excluding hydrogens is 240 g/mol. The Labute approximate surface area is 106 Å². The number of benzene rings is 1. The van der Waals surface area contributed by atoms with E-state index in [1.807, 2.05) is 13.0 Å². The number of allylic oxidation sites excluding steroid dienone is 1. The molecule has 4 heteroatoms. The van der Waals surface area contributed by atoms with Crippen LogP contribution in [0.4, 0.5) is 0 Å². The standard InChI is InChI=1S/C12H16O2S2/c1-3-4-11-5-6-12(9-10(11)2)15-8-7-14-16-13/h3-6,9,13H,7-8H2,1-2H3. The van der Waals surface area contributed by atoms with Gasteiger partial charge in [0, 0.05) is 10.6 Å². The van der Waals surface area contributed by atoms with Gasteiger partial charge in [0.1, 0.15) is 0 Å². The van der Waals surface area contributed by atoms with E-state index in [1.165, 1.54) is 16.0 Å². The van der Waals surface area contributed by atoms with E-state index in [1.54, 1.807) is 11.8 Å². The van der Waals surface area contributed by atoms with Crippen molar-refractivity contribution < 1.29 is 8.74 Å². The molecule has 0 unspecified atom stereocenters. The average molecular weight is 256 g/mol. The fourth-order valence-corrected chi connectivity index (χ4v) is 2.43. The van der Waals surface area contributed by atoms with Gasteiger partial charge < -0.3 is 4.55 Å². The van der Waals surface area contributed by atoms with Crippen LogP contribution in [0.3, 0.4) is 0 Å². The molecule has 0 radical (unpaired) electrons. The molecule has 1 N–H and O–H groups in total. The van der Waals surface area contributed by atoms with Crippen molar-refractivity contribution in [1.82, 2.24) is 0 Å². The monoisotopic (exact) mass is 256 g/mol. The first-order chi connectivity index (χ1) is 7.77. The number of aryl methyl sites for hydroxylation is 1. The van der Waals surface area contributed by atoms with Crippen molar-refractivity contribution in [2.45, 2.75) is 18.7 Å². The molecule has 16 heavy (non-hydrogen) atoms. The second-order valence-electron chi connectivity index (χ2n) is 3.26. The summed E-state index contributed by atoms with van der Waals surface area (Å²) < 4.78 is 13.2. The zero-order chi connectivity index (χ0) is 11.8. The molecule has 0 atom stereocenters. The zero-order valence-electron chi connectivity index (χ0n) is 9.47. The fourth-order valence-electron chi connectivity index (χ4n) is 1.34. The van der Waals surface area contributed by atoms with Crippen molar-refractivity contribution in [3.8, 4) is 0 Å². The predicted octanol–water partition coefficient (Wildman–Crippen LogP) is 4.26. The van der Waals surface area contributed by atoms with Crippen LogP contribution in [0.2, 0.25) is 0 Å². The molecule has 1 aromatic carbocycles. The largest absolute Gasteiger partial charge is 0.307 e. The third-order valence-electron chi connectivity index (χ3n) is 2.08. The lowest BCUT2D eigenvalue weighted by Crippen LogP contribution is -1.90. The summed E-state index contributed by atoms with van der Waals surface area (Å²) in [6.07, 6.45) is 4.15. The second kappa shape index (κ2) is 7.79. The topological polar surface area (TPSA) is 29.5 Å². The van der Waals surface area contributed by atoms with Crippen molar-refractivity contribution in [1.29, 1.82) is 0 Å². The van der Waals surface area contributed by atoms with Crippen LogP contribution in [0, 0.1) is 6.92 Å². The van der Waals surface area contributed by atoms with Gasteiger partial charge in [-0.1, -0.05) is 18.2 Å². The minimum atomic E-state index is 0.426. The highest BCUT2D eigenvalue weighted by molar-refractivity contribution is 7.99. The maximum Gasteiger partial charge on any atom is 0.155 e. The second-order valence-corrected chi connectivity index (χ2v) is 4.82. The summed E-state index contributed by atoms with van der Waals surface area (Å²) in [4.78, 5) is 1.23. The SMILES string of the molecule is CC=Cc1ccc(SCCOSO)cc1C. The quantitative estimate of drug-likeness (QED) is 0.468. The Bertz CT molecular complexity index is 351. The molecule has 0 fully saturated rings. The number of hydrogen-bond donors (Lipinski definition) is 1. The molecule has 0 saturated heterocycles. The molecule has 0 aliphatic rings. The average Bonchev–Trinajstić information content (AvgIpc) is 2.28. The molecule has 0 spiro atoms. The minimum Gasteiger partial charge on any atom is -0.307 e. The van der Waals surface area contributed by atoms with E-state index in [4.69, 9.17) is 8.74 Å². The van der Waals surface area contributed by atoms with Crippen LogP contribution in [0.25, 0.3) is 6.08 Å². The van der Waals surface area contributed by atoms with Gasteiger partial charge in [0.2, 0.25) is 0 Å². The molecule has 1 aromatic rings. The molecule has 0 bridgehead atoms. The highest BCUT2D eigenvalue weighted by Crippen LogP contribution is 2.22. The van der Waals surface area contributed by atoms with Gasteiger partial charge in [-0.3, -0.25) is 4.18 Å². The number of hydrogen-bond acceptors (Lipinski definition) is 4. The van der Waals surface area contributed by atoms with Crippen molar-refractivity contribution in [2.24, 2.45) is 0 Å². The van der Waals surface area contributed by atoms with Crippen LogP contribution >= 0.6 is 24.1 Å².